The molecule has 1 unspecified atom stereocenters. The van der Waals surface area contributed by atoms with E-state index in [-0.39, 0.29) is 11.3 Å². The van der Waals surface area contributed by atoms with E-state index in [1.54, 1.807) is 7.05 Å². The summed E-state index contributed by atoms with van der Waals surface area (Å²) in [6, 6.07) is 4.42. The Bertz CT molecular complexity index is 886. The first-order valence-corrected chi connectivity index (χ1v) is 9.58. The first kappa shape index (κ1) is 17.9. The molecule has 136 valence electrons. The third-order valence-electron chi connectivity index (χ3n) is 4.36. The third-order valence-corrected chi connectivity index (χ3v) is 6.37. The van der Waals surface area contributed by atoms with Crippen molar-refractivity contribution in [2.75, 3.05) is 0 Å². The molecule has 1 heterocycles. The molecule has 2 aromatic rings. The Morgan fingerprint density at radius 1 is 1.32 bits per heavy atom. The molecule has 1 aliphatic carbocycles. The summed E-state index contributed by atoms with van der Waals surface area (Å²) in [5.41, 5.74) is -0.749. The minimum atomic E-state index is -4.51. The largest absolute Gasteiger partial charge is 0.416 e. The van der Waals surface area contributed by atoms with Crippen LogP contribution in [-0.2, 0) is 28.8 Å². The molecule has 25 heavy (non-hydrogen) atoms. The van der Waals surface area contributed by atoms with Crippen LogP contribution in [0.2, 0.25) is 0 Å². The first-order valence-electron chi connectivity index (χ1n) is 7.86. The molecule has 1 atom stereocenters. The Hall–Kier alpha value is -1.90. The molecule has 1 aromatic carbocycles. The van der Waals surface area contributed by atoms with Crippen LogP contribution >= 0.6 is 0 Å². The molecule has 5 nitrogen and oxygen atoms in total. The van der Waals surface area contributed by atoms with Crippen LogP contribution in [0, 0.1) is 0 Å². The molecule has 1 fully saturated rings. The summed E-state index contributed by atoms with van der Waals surface area (Å²) in [5.74, 6) is 0.879. The molecule has 1 saturated carbocycles. The van der Waals surface area contributed by atoms with Gasteiger partial charge in [-0.3, -0.25) is 4.68 Å². The summed E-state index contributed by atoms with van der Waals surface area (Å²) in [6.07, 6.45) is -2.52. The molecule has 0 aliphatic heterocycles. The molecule has 0 spiro atoms. The van der Waals surface area contributed by atoms with Gasteiger partial charge in [-0.05, 0) is 31.4 Å². The number of benzene rings is 1. The lowest BCUT2D eigenvalue weighted by Gasteiger charge is -2.15. The van der Waals surface area contributed by atoms with Gasteiger partial charge in [0, 0.05) is 13.0 Å². The highest BCUT2D eigenvalue weighted by atomic mass is 32.2. The number of sulfone groups is 1. The van der Waals surface area contributed by atoms with E-state index in [1.807, 2.05) is 0 Å². The van der Waals surface area contributed by atoms with Crippen molar-refractivity contribution in [2.24, 2.45) is 7.05 Å². The summed E-state index contributed by atoms with van der Waals surface area (Å²) in [7, 11) is -2.11. The van der Waals surface area contributed by atoms with Gasteiger partial charge in [0.15, 0.2) is 15.7 Å². The molecule has 3 rings (SSSR count). The zero-order chi connectivity index (χ0) is 18.4. The van der Waals surface area contributed by atoms with E-state index in [1.165, 1.54) is 23.7 Å². The number of rotatable bonds is 5. The Kier molecular flexibility index (Phi) is 4.38. The van der Waals surface area contributed by atoms with Crippen LogP contribution in [0.1, 0.15) is 53.7 Å². The smallest absolute Gasteiger partial charge is 0.252 e. The van der Waals surface area contributed by atoms with Crippen molar-refractivity contribution >= 4 is 9.84 Å². The zero-order valence-electron chi connectivity index (χ0n) is 13.8. The predicted octanol–water partition coefficient (Wildman–Crippen LogP) is 3.39. The maximum atomic E-state index is 12.8. The standard InChI is InChI=1S/C16H18F3N3O2S/c1-10(12-4-3-5-13(8-12)16(17,18)19)25(23,24)9-14-20-15(11-6-7-11)21-22(14)2/h3-5,8,10-11H,6-7,9H2,1-2H3. The summed E-state index contributed by atoms with van der Waals surface area (Å²) in [5, 5.41) is 3.15. The predicted molar refractivity (Wildman–Crippen MR) is 85.5 cm³/mol. The lowest BCUT2D eigenvalue weighted by Crippen LogP contribution is -2.16. The molecular formula is C16H18F3N3O2S. The Morgan fingerprint density at radius 3 is 2.60 bits per heavy atom. The molecule has 0 amide bonds. The van der Waals surface area contributed by atoms with Crippen LogP contribution in [0.25, 0.3) is 0 Å². The van der Waals surface area contributed by atoms with Crippen molar-refractivity contribution in [3.8, 4) is 0 Å². The summed E-state index contributed by atoms with van der Waals surface area (Å²) >= 11 is 0. The molecule has 0 radical (unpaired) electrons. The second-order valence-electron chi connectivity index (χ2n) is 6.36. The number of hydrogen-bond acceptors (Lipinski definition) is 4. The van der Waals surface area contributed by atoms with Crippen LogP contribution in [-0.4, -0.2) is 23.2 Å². The van der Waals surface area contributed by atoms with Crippen molar-refractivity contribution in [1.82, 2.24) is 14.8 Å². The van der Waals surface area contributed by atoms with E-state index in [0.717, 1.165) is 25.0 Å². The van der Waals surface area contributed by atoms with Gasteiger partial charge in [0.1, 0.15) is 11.6 Å². The Labute approximate surface area is 143 Å². The number of nitrogens with zero attached hydrogens (tertiary/aromatic N) is 3. The third kappa shape index (κ3) is 3.86. The van der Waals surface area contributed by atoms with Gasteiger partial charge < -0.3 is 0 Å². The van der Waals surface area contributed by atoms with Gasteiger partial charge in [0.05, 0.1) is 10.8 Å². The SMILES string of the molecule is CC(c1cccc(C(F)(F)F)c1)S(=O)(=O)Cc1nc(C2CC2)nn1C. The molecule has 0 bridgehead atoms. The Morgan fingerprint density at radius 2 is 2.00 bits per heavy atom. The highest BCUT2D eigenvalue weighted by molar-refractivity contribution is 7.90. The molecule has 9 heteroatoms. The van der Waals surface area contributed by atoms with Gasteiger partial charge in [-0.15, -0.1) is 0 Å². The lowest BCUT2D eigenvalue weighted by atomic mass is 10.1. The molecule has 1 aliphatic rings. The zero-order valence-corrected chi connectivity index (χ0v) is 14.6. The van der Waals surface area contributed by atoms with E-state index in [4.69, 9.17) is 0 Å². The second kappa shape index (κ2) is 6.12. The topological polar surface area (TPSA) is 64.8 Å². The fraction of sp³-hybridized carbons (Fsp3) is 0.500. The first-order chi connectivity index (χ1) is 11.6. The van der Waals surface area contributed by atoms with Gasteiger partial charge in [-0.2, -0.15) is 18.3 Å². The number of hydrogen-bond donors (Lipinski definition) is 0. The second-order valence-corrected chi connectivity index (χ2v) is 8.68. The van der Waals surface area contributed by atoms with Crippen LogP contribution in [0.5, 0.6) is 0 Å². The molecule has 1 aromatic heterocycles. The van der Waals surface area contributed by atoms with Gasteiger partial charge in [0.25, 0.3) is 0 Å². The van der Waals surface area contributed by atoms with E-state index in [2.05, 4.69) is 10.1 Å². The monoisotopic (exact) mass is 373 g/mol. The van der Waals surface area contributed by atoms with Crippen LogP contribution < -0.4 is 0 Å². The number of aryl methyl sites for hydroxylation is 1. The Balaban J connectivity index is 1.84. The highest BCUT2D eigenvalue weighted by Gasteiger charge is 2.33. The average Bonchev–Trinajstić information content (AvgIpc) is 3.31. The quantitative estimate of drug-likeness (QED) is 0.806. The summed E-state index contributed by atoms with van der Waals surface area (Å²) < 4.78 is 65.2. The molecule has 0 saturated heterocycles. The fourth-order valence-electron chi connectivity index (χ4n) is 2.56. The van der Waals surface area contributed by atoms with Gasteiger partial charge >= 0.3 is 6.18 Å². The van der Waals surface area contributed by atoms with Crippen LogP contribution in [0.15, 0.2) is 24.3 Å². The van der Waals surface area contributed by atoms with Crippen molar-refractivity contribution in [2.45, 2.75) is 42.9 Å². The maximum absolute atomic E-state index is 12.8. The van der Waals surface area contributed by atoms with Gasteiger partial charge in [0.2, 0.25) is 0 Å². The minimum Gasteiger partial charge on any atom is -0.252 e. The fourth-order valence-corrected chi connectivity index (χ4v) is 3.98. The average molecular weight is 373 g/mol. The van der Waals surface area contributed by atoms with Crippen molar-refractivity contribution in [1.29, 1.82) is 0 Å². The van der Waals surface area contributed by atoms with Gasteiger partial charge in [-0.1, -0.05) is 18.2 Å². The highest BCUT2D eigenvalue weighted by Crippen LogP contribution is 2.38. The number of aromatic nitrogens is 3. The van der Waals surface area contributed by atoms with E-state index in [0.29, 0.717) is 17.6 Å². The summed E-state index contributed by atoms with van der Waals surface area (Å²) in [4.78, 5) is 4.28. The molecule has 0 N–H and O–H groups in total. The summed E-state index contributed by atoms with van der Waals surface area (Å²) in [6.45, 7) is 1.39. The van der Waals surface area contributed by atoms with E-state index >= 15 is 0 Å². The normalized spacial score (nSPS) is 16.8. The van der Waals surface area contributed by atoms with Crippen molar-refractivity contribution in [3.05, 3.63) is 47.0 Å². The lowest BCUT2D eigenvalue weighted by molar-refractivity contribution is -0.137. The number of alkyl halides is 3. The van der Waals surface area contributed by atoms with Crippen molar-refractivity contribution < 1.29 is 21.6 Å². The van der Waals surface area contributed by atoms with Crippen molar-refractivity contribution in [3.63, 3.8) is 0 Å². The van der Waals surface area contributed by atoms with Crippen LogP contribution in [0.4, 0.5) is 13.2 Å². The van der Waals surface area contributed by atoms with Crippen LogP contribution in [0.3, 0.4) is 0 Å². The maximum Gasteiger partial charge on any atom is 0.416 e. The number of halogens is 3. The van der Waals surface area contributed by atoms with Gasteiger partial charge in [-0.25, -0.2) is 13.4 Å². The minimum absolute atomic E-state index is 0.111. The van der Waals surface area contributed by atoms with E-state index in [9.17, 15) is 21.6 Å². The molecular weight excluding hydrogens is 355 g/mol. The van der Waals surface area contributed by atoms with E-state index < -0.39 is 26.8 Å².